The first-order valence-corrected chi connectivity index (χ1v) is 5.37. The molecule has 1 aromatic carbocycles. The highest BCUT2D eigenvalue weighted by atomic mass is 16.5. The summed E-state index contributed by atoms with van der Waals surface area (Å²) in [6.45, 7) is 2.01. The van der Waals surface area contributed by atoms with E-state index in [1.165, 1.54) is 7.11 Å². The van der Waals surface area contributed by atoms with Gasteiger partial charge in [-0.25, -0.2) is 0 Å². The fraction of sp³-hybridized carbons (Fsp3) is 0.385. The molecule has 0 atom stereocenters. The summed E-state index contributed by atoms with van der Waals surface area (Å²) in [5.74, 6) is 1.33. The predicted octanol–water partition coefficient (Wildman–Crippen LogP) is 2.31. The van der Waals surface area contributed by atoms with E-state index < -0.39 is 0 Å². The minimum Gasteiger partial charge on any atom is -0.497 e. The Kier molecular flexibility index (Phi) is 5.02. The van der Waals surface area contributed by atoms with Crippen molar-refractivity contribution in [1.82, 2.24) is 0 Å². The van der Waals surface area contributed by atoms with Crippen LogP contribution in [0.2, 0.25) is 0 Å². The number of ketones is 1. The lowest BCUT2D eigenvalue weighted by Gasteiger charge is -2.07. The summed E-state index contributed by atoms with van der Waals surface area (Å²) in [7, 11) is 1.54. The number of rotatable bonds is 6. The van der Waals surface area contributed by atoms with Crippen LogP contribution in [-0.2, 0) is 4.79 Å². The fourth-order valence-electron chi connectivity index (χ4n) is 1.35. The summed E-state index contributed by atoms with van der Waals surface area (Å²) in [6, 6.07) is 7.04. The number of benzene rings is 1. The van der Waals surface area contributed by atoms with Gasteiger partial charge in [0.15, 0.2) is 0 Å². The summed E-state index contributed by atoms with van der Waals surface area (Å²) >= 11 is 0. The van der Waals surface area contributed by atoms with Crippen LogP contribution < -0.4 is 9.47 Å². The average molecular weight is 233 g/mol. The summed E-state index contributed by atoms with van der Waals surface area (Å²) in [5, 5.41) is 8.82. The zero-order chi connectivity index (χ0) is 12.7. The van der Waals surface area contributed by atoms with Crippen molar-refractivity contribution in [3.8, 4) is 17.6 Å². The molecule has 1 rings (SSSR count). The van der Waals surface area contributed by atoms with Gasteiger partial charge in [0.1, 0.15) is 17.3 Å². The van der Waals surface area contributed by atoms with Crippen LogP contribution in [0.1, 0.15) is 25.3 Å². The SMILES string of the molecule is COc1cc(C#N)cc(OCCCC(C)=O)c1. The molecule has 0 spiro atoms. The van der Waals surface area contributed by atoms with Crippen LogP contribution in [-0.4, -0.2) is 19.5 Å². The zero-order valence-electron chi connectivity index (χ0n) is 10.0. The van der Waals surface area contributed by atoms with Gasteiger partial charge in [-0.15, -0.1) is 0 Å². The average Bonchev–Trinajstić information content (AvgIpc) is 2.34. The molecule has 1 aromatic rings. The van der Waals surface area contributed by atoms with Crippen molar-refractivity contribution in [2.45, 2.75) is 19.8 Å². The van der Waals surface area contributed by atoms with Gasteiger partial charge in [0.2, 0.25) is 0 Å². The van der Waals surface area contributed by atoms with Crippen LogP contribution >= 0.6 is 0 Å². The molecule has 0 fully saturated rings. The quantitative estimate of drug-likeness (QED) is 0.707. The number of nitriles is 1. The molecule has 0 aliphatic heterocycles. The number of nitrogens with zero attached hydrogens (tertiary/aromatic N) is 1. The Morgan fingerprint density at radius 3 is 2.65 bits per heavy atom. The molecule has 4 nitrogen and oxygen atoms in total. The lowest BCUT2D eigenvalue weighted by Crippen LogP contribution is -2.01. The predicted molar refractivity (Wildman–Crippen MR) is 63.1 cm³/mol. The summed E-state index contributed by atoms with van der Waals surface area (Å²) in [6.07, 6.45) is 1.18. The molecule has 0 aliphatic carbocycles. The van der Waals surface area contributed by atoms with Crippen molar-refractivity contribution in [2.75, 3.05) is 13.7 Å². The second kappa shape index (κ2) is 6.54. The largest absolute Gasteiger partial charge is 0.497 e. The van der Waals surface area contributed by atoms with Crippen LogP contribution in [0.4, 0.5) is 0 Å². The van der Waals surface area contributed by atoms with Gasteiger partial charge in [-0.1, -0.05) is 0 Å². The number of methoxy groups -OCH3 is 1. The summed E-state index contributed by atoms with van der Waals surface area (Å²) in [4.78, 5) is 10.7. The standard InChI is InChI=1S/C13H15NO3/c1-10(15)4-3-5-17-13-7-11(9-14)6-12(8-13)16-2/h6-8H,3-5H2,1-2H3. The van der Waals surface area contributed by atoms with E-state index in [1.54, 1.807) is 25.1 Å². The fourth-order valence-corrected chi connectivity index (χ4v) is 1.35. The van der Waals surface area contributed by atoms with Gasteiger partial charge >= 0.3 is 0 Å². The highest BCUT2D eigenvalue weighted by molar-refractivity contribution is 5.75. The van der Waals surface area contributed by atoms with E-state index in [1.807, 2.05) is 6.07 Å². The van der Waals surface area contributed by atoms with Crippen molar-refractivity contribution < 1.29 is 14.3 Å². The molecule has 0 amide bonds. The van der Waals surface area contributed by atoms with Crippen molar-refractivity contribution >= 4 is 5.78 Å². The Balaban J connectivity index is 2.58. The summed E-state index contributed by atoms with van der Waals surface area (Å²) in [5.41, 5.74) is 0.492. The first kappa shape index (κ1) is 13.0. The first-order chi connectivity index (χ1) is 8.15. The number of hydrogen-bond acceptors (Lipinski definition) is 4. The van der Waals surface area contributed by atoms with Crippen molar-refractivity contribution in [2.24, 2.45) is 0 Å². The molecule has 0 saturated carbocycles. The topological polar surface area (TPSA) is 59.3 Å². The third-order valence-corrected chi connectivity index (χ3v) is 2.19. The molecular weight excluding hydrogens is 218 g/mol. The Morgan fingerprint density at radius 2 is 2.06 bits per heavy atom. The van der Waals surface area contributed by atoms with E-state index in [4.69, 9.17) is 14.7 Å². The van der Waals surface area contributed by atoms with Gasteiger partial charge in [-0.3, -0.25) is 0 Å². The van der Waals surface area contributed by atoms with Crippen molar-refractivity contribution in [3.05, 3.63) is 23.8 Å². The van der Waals surface area contributed by atoms with Crippen LogP contribution in [0.15, 0.2) is 18.2 Å². The molecule has 0 radical (unpaired) electrons. The Hall–Kier alpha value is -2.02. The molecule has 4 heteroatoms. The van der Waals surface area contributed by atoms with E-state index in [0.717, 1.165) is 0 Å². The molecule has 17 heavy (non-hydrogen) atoms. The highest BCUT2D eigenvalue weighted by Crippen LogP contribution is 2.22. The molecule has 0 unspecified atom stereocenters. The molecule has 0 N–H and O–H groups in total. The van der Waals surface area contributed by atoms with Gasteiger partial charge in [0, 0.05) is 12.5 Å². The normalized spacial score (nSPS) is 9.47. The minimum absolute atomic E-state index is 0.150. The van der Waals surface area contributed by atoms with Gasteiger partial charge in [0.25, 0.3) is 0 Å². The number of Topliss-reactive ketones (excluding diaryl/α,β-unsaturated/α-hetero) is 1. The molecule has 0 aromatic heterocycles. The molecule has 90 valence electrons. The maximum Gasteiger partial charge on any atom is 0.129 e. The molecule has 0 bridgehead atoms. The third-order valence-electron chi connectivity index (χ3n) is 2.19. The monoisotopic (exact) mass is 233 g/mol. The molecule has 0 heterocycles. The maximum absolute atomic E-state index is 10.7. The third kappa shape index (κ3) is 4.56. The number of ether oxygens (including phenoxy) is 2. The van der Waals surface area contributed by atoms with Gasteiger partial charge in [-0.05, 0) is 25.5 Å². The Bertz CT molecular complexity index is 435. The van der Waals surface area contributed by atoms with Gasteiger partial charge in [-0.2, -0.15) is 5.26 Å². The van der Waals surface area contributed by atoms with E-state index in [-0.39, 0.29) is 5.78 Å². The van der Waals surface area contributed by atoms with Crippen LogP contribution in [0.25, 0.3) is 0 Å². The van der Waals surface area contributed by atoms with E-state index in [2.05, 4.69) is 0 Å². The molecular formula is C13H15NO3. The smallest absolute Gasteiger partial charge is 0.129 e. The Morgan fingerprint density at radius 1 is 1.35 bits per heavy atom. The number of carbonyl (C=O) groups excluding carboxylic acids is 1. The minimum atomic E-state index is 0.150. The second-order valence-corrected chi connectivity index (χ2v) is 3.66. The number of hydrogen-bond donors (Lipinski definition) is 0. The maximum atomic E-state index is 10.7. The molecule has 0 saturated heterocycles. The summed E-state index contributed by atoms with van der Waals surface area (Å²) < 4.78 is 10.5. The van der Waals surface area contributed by atoms with Gasteiger partial charge in [0.05, 0.1) is 25.3 Å². The van der Waals surface area contributed by atoms with Crippen LogP contribution in [0.3, 0.4) is 0 Å². The zero-order valence-corrected chi connectivity index (χ0v) is 10.0. The lowest BCUT2D eigenvalue weighted by molar-refractivity contribution is -0.117. The van der Waals surface area contributed by atoms with Crippen molar-refractivity contribution in [1.29, 1.82) is 5.26 Å². The Labute approximate surface area is 101 Å². The highest BCUT2D eigenvalue weighted by Gasteiger charge is 2.02. The van der Waals surface area contributed by atoms with Crippen LogP contribution in [0, 0.1) is 11.3 Å². The van der Waals surface area contributed by atoms with E-state index in [9.17, 15) is 4.79 Å². The second-order valence-electron chi connectivity index (χ2n) is 3.66. The van der Waals surface area contributed by atoms with Crippen LogP contribution in [0.5, 0.6) is 11.5 Å². The van der Waals surface area contributed by atoms with Crippen molar-refractivity contribution in [3.63, 3.8) is 0 Å². The van der Waals surface area contributed by atoms with E-state index in [0.29, 0.717) is 36.5 Å². The lowest BCUT2D eigenvalue weighted by atomic mass is 10.2. The van der Waals surface area contributed by atoms with E-state index >= 15 is 0 Å². The first-order valence-electron chi connectivity index (χ1n) is 5.37. The molecule has 0 aliphatic rings. The number of carbonyl (C=O) groups is 1. The van der Waals surface area contributed by atoms with Gasteiger partial charge < -0.3 is 14.3 Å².